The Morgan fingerprint density at radius 3 is 0.724 bits per heavy atom. The molecule has 0 atom stereocenters. The maximum absolute atomic E-state index is 2.33. The Morgan fingerprint density at radius 1 is 0.276 bits per heavy atom. The maximum atomic E-state index is 2.33. The first-order valence-corrected chi connectivity index (χ1v) is 16.8. The second-order valence-electron chi connectivity index (χ2n) is 9.95. The summed E-state index contributed by atoms with van der Waals surface area (Å²) < 4.78 is 0. The van der Waals surface area contributed by atoms with Crippen LogP contribution in [0.4, 0.5) is 0 Å². The van der Waals surface area contributed by atoms with Crippen molar-refractivity contribution in [1.82, 2.24) is 0 Å². The fourth-order valence-corrected chi connectivity index (χ4v) is 8.24. The highest BCUT2D eigenvalue weighted by atomic mass is 28.3. The lowest BCUT2D eigenvalue weighted by Crippen LogP contribution is -2.12. The zero-order valence-electron chi connectivity index (χ0n) is 21.3. The molecule has 0 rings (SSSR count). The Balaban J connectivity index is 3.74. The van der Waals surface area contributed by atoms with E-state index in [4.69, 9.17) is 0 Å². The average Bonchev–Trinajstić information content (AvgIpc) is 2.73. The second-order valence-corrected chi connectivity index (χ2v) is 13.4. The van der Waals surface area contributed by atoms with Crippen molar-refractivity contribution in [2.45, 2.75) is 180 Å². The standard InChI is InChI=1S/C28H60Si/c1-4-7-10-13-16-17-18-19-22-25-28-29(26-23-20-14-11-8-5-2)27-24-21-15-12-9-6-3/h29H,4-28H2,1-3H3. The van der Waals surface area contributed by atoms with Crippen molar-refractivity contribution in [3.05, 3.63) is 0 Å². The van der Waals surface area contributed by atoms with Crippen LogP contribution in [0.2, 0.25) is 18.1 Å². The Hall–Kier alpha value is 0.217. The monoisotopic (exact) mass is 424 g/mol. The fraction of sp³-hybridized carbons (Fsp3) is 1.00. The Kier molecular flexibility index (Phi) is 26.4. The van der Waals surface area contributed by atoms with Gasteiger partial charge in [-0.1, -0.05) is 180 Å². The molecular formula is C28H60Si. The van der Waals surface area contributed by atoms with E-state index in [1.165, 1.54) is 122 Å². The zero-order valence-corrected chi connectivity index (χ0v) is 22.4. The van der Waals surface area contributed by atoms with E-state index in [-0.39, 0.29) is 0 Å². The van der Waals surface area contributed by atoms with Gasteiger partial charge in [0.2, 0.25) is 0 Å². The molecule has 0 aliphatic rings. The summed E-state index contributed by atoms with van der Waals surface area (Å²) in [7, 11) is -0.430. The lowest BCUT2D eigenvalue weighted by Gasteiger charge is -2.15. The molecule has 0 aromatic heterocycles. The van der Waals surface area contributed by atoms with E-state index in [1.807, 2.05) is 0 Å². The molecule has 0 aromatic rings. The van der Waals surface area contributed by atoms with E-state index >= 15 is 0 Å². The minimum Gasteiger partial charge on any atom is -0.0654 e. The summed E-state index contributed by atoms with van der Waals surface area (Å²) in [6, 6.07) is 5.00. The maximum Gasteiger partial charge on any atom is 0.0367 e. The van der Waals surface area contributed by atoms with Gasteiger partial charge in [0, 0.05) is 8.80 Å². The predicted molar refractivity (Wildman–Crippen MR) is 140 cm³/mol. The SMILES string of the molecule is CCCCCCCCCCCC[SiH](CCCCCCCC)CCCCCCCC. The summed E-state index contributed by atoms with van der Waals surface area (Å²) in [5, 5.41) is 0. The number of rotatable bonds is 25. The molecule has 0 saturated carbocycles. The minimum absolute atomic E-state index is 0.430. The van der Waals surface area contributed by atoms with Gasteiger partial charge in [0.05, 0.1) is 0 Å². The lowest BCUT2D eigenvalue weighted by molar-refractivity contribution is 0.561. The smallest absolute Gasteiger partial charge is 0.0367 e. The van der Waals surface area contributed by atoms with Crippen LogP contribution in [0.5, 0.6) is 0 Å². The van der Waals surface area contributed by atoms with Crippen molar-refractivity contribution in [2.24, 2.45) is 0 Å². The first-order chi connectivity index (χ1) is 14.3. The average molecular weight is 425 g/mol. The van der Waals surface area contributed by atoms with Gasteiger partial charge in [0.25, 0.3) is 0 Å². The van der Waals surface area contributed by atoms with Gasteiger partial charge >= 0.3 is 0 Å². The van der Waals surface area contributed by atoms with Crippen molar-refractivity contribution in [2.75, 3.05) is 0 Å². The third-order valence-corrected chi connectivity index (χ3v) is 10.6. The molecule has 0 spiro atoms. The molecule has 1 heteroatoms. The number of unbranched alkanes of at least 4 members (excludes halogenated alkanes) is 19. The van der Waals surface area contributed by atoms with E-state index in [0.29, 0.717) is 0 Å². The van der Waals surface area contributed by atoms with Crippen LogP contribution in [-0.4, -0.2) is 8.80 Å². The van der Waals surface area contributed by atoms with E-state index in [0.717, 1.165) is 0 Å². The van der Waals surface area contributed by atoms with Crippen molar-refractivity contribution in [3.63, 3.8) is 0 Å². The summed E-state index contributed by atoms with van der Waals surface area (Å²) in [4.78, 5) is 0. The molecule has 0 amide bonds. The predicted octanol–water partition coefficient (Wildman–Crippen LogP) is 10.9. The molecule has 0 aliphatic heterocycles. The van der Waals surface area contributed by atoms with Crippen LogP contribution < -0.4 is 0 Å². The molecule has 0 aliphatic carbocycles. The van der Waals surface area contributed by atoms with Crippen LogP contribution in [-0.2, 0) is 0 Å². The van der Waals surface area contributed by atoms with Crippen LogP contribution in [0, 0.1) is 0 Å². The van der Waals surface area contributed by atoms with Crippen LogP contribution in [0.3, 0.4) is 0 Å². The number of hydrogen-bond donors (Lipinski definition) is 0. The highest BCUT2D eigenvalue weighted by molar-refractivity contribution is 6.58. The highest BCUT2D eigenvalue weighted by Gasteiger charge is 2.10. The van der Waals surface area contributed by atoms with Crippen LogP contribution >= 0.6 is 0 Å². The van der Waals surface area contributed by atoms with Crippen LogP contribution in [0.1, 0.15) is 162 Å². The van der Waals surface area contributed by atoms with Crippen molar-refractivity contribution < 1.29 is 0 Å². The van der Waals surface area contributed by atoms with Gasteiger partial charge in [-0.2, -0.15) is 0 Å². The molecule has 0 radical (unpaired) electrons. The van der Waals surface area contributed by atoms with Gasteiger partial charge in [-0.15, -0.1) is 0 Å². The topological polar surface area (TPSA) is 0 Å². The zero-order chi connectivity index (χ0) is 21.3. The molecule has 0 heterocycles. The van der Waals surface area contributed by atoms with Crippen LogP contribution in [0.15, 0.2) is 0 Å². The van der Waals surface area contributed by atoms with Crippen LogP contribution in [0.25, 0.3) is 0 Å². The number of hydrogen-bond acceptors (Lipinski definition) is 0. The summed E-state index contributed by atoms with van der Waals surface area (Å²) >= 11 is 0. The highest BCUT2D eigenvalue weighted by Crippen LogP contribution is 2.20. The van der Waals surface area contributed by atoms with Gasteiger partial charge in [0.15, 0.2) is 0 Å². The molecule has 0 saturated heterocycles. The molecule has 0 N–H and O–H groups in total. The molecule has 29 heavy (non-hydrogen) atoms. The molecule has 0 bridgehead atoms. The van der Waals surface area contributed by atoms with Gasteiger partial charge in [0.1, 0.15) is 0 Å². The van der Waals surface area contributed by atoms with E-state index in [1.54, 1.807) is 37.4 Å². The summed E-state index contributed by atoms with van der Waals surface area (Å²) in [5.41, 5.74) is 0. The van der Waals surface area contributed by atoms with Crippen molar-refractivity contribution in [3.8, 4) is 0 Å². The van der Waals surface area contributed by atoms with E-state index < -0.39 is 8.80 Å². The minimum atomic E-state index is -0.430. The molecule has 0 fully saturated rings. The van der Waals surface area contributed by atoms with Gasteiger partial charge < -0.3 is 0 Å². The van der Waals surface area contributed by atoms with Crippen molar-refractivity contribution in [1.29, 1.82) is 0 Å². The van der Waals surface area contributed by atoms with E-state index in [2.05, 4.69) is 20.8 Å². The molecule has 0 nitrogen and oxygen atoms in total. The normalized spacial score (nSPS) is 11.6. The summed E-state index contributed by atoms with van der Waals surface area (Å²) in [5.74, 6) is 0. The van der Waals surface area contributed by atoms with Crippen molar-refractivity contribution >= 4 is 8.80 Å². The molecule has 176 valence electrons. The molecular weight excluding hydrogens is 364 g/mol. The first-order valence-electron chi connectivity index (χ1n) is 14.3. The largest absolute Gasteiger partial charge is 0.0654 e. The summed E-state index contributed by atoms with van der Waals surface area (Å²) in [6.45, 7) is 6.97. The Bertz CT molecular complexity index is 259. The fourth-order valence-electron chi connectivity index (χ4n) is 4.78. The second kappa shape index (κ2) is 26.3. The Morgan fingerprint density at radius 2 is 0.483 bits per heavy atom. The lowest BCUT2D eigenvalue weighted by atomic mass is 10.1. The summed E-state index contributed by atoms with van der Waals surface area (Å²) in [6.07, 6.45) is 32.7. The third kappa shape index (κ3) is 24.4. The van der Waals surface area contributed by atoms with Gasteiger partial charge in [-0.3, -0.25) is 0 Å². The van der Waals surface area contributed by atoms with Gasteiger partial charge in [-0.05, 0) is 0 Å². The third-order valence-electron chi connectivity index (χ3n) is 6.90. The van der Waals surface area contributed by atoms with E-state index in [9.17, 15) is 0 Å². The first kappa shape index (κ1) is 29.2. The Labute approximate surface area is 189 Å². The molecule has 0 aromatic carbocycles. The van der Waals surface area contributed by atoms with Gasteiger partial charge in [-0.25, -0.2) is 0 Å². The molecule has 0 unspecified atom stereocenters. The quantitative estimate of drug-likeness (QED) is 0.101.